The van der Waals surface area contributed by atoms with E-state index in [0.29, 0.717) is 12.2 Å². The Labute approximate surface area is 110 Å². The van der Waals surface area contributed by atoms with Crippen LogP contribution < -0.4 is 0 Å². The van der Waals surface area contributed by atoms with Gasteiger partial charge in [-0.25, -0.2) is 0 Å². The Morgan fingerprint density at radius 2 is 1.41 bits per heavy atom. The molecule has 102 valence electrons. The first kappa shape index (κ1) is 17.0. The standard InChI is InChI=1S/C15H33BO/c1-6-11-15(10-5,12-7-2)16(13-8-3)17-14-9-4/h6-14H2,1-5H3. The molecule has 0 saturated heterocycles. The van der Waals surface area contributed by atoms with Crippen molar-refractivity contribution in [3.05, 3.63) is 0 Å². The van der Waals surface area contributed by atoms with Crippen LogP contribution in [0.3, 0.4) is 0 Å². The van der Waals surface area contributed by atoms with Gasteiger partial charge in [0.1, 0.15) is 0 Å². The zero-order chi connectivity index (χ0) is 13.1. The van der Waals surface area contributed by atoms with Crippen molar-refractivity contribution in [1.82, 2.24) is 0 Å². The van der Waals surface area contributed by atoms with Gasteiger partial charge in [0.05, 0.1) is 0 Å². The van der Waals surface area contributed by atoms with Crippen LogP contribution in [-0.2, 0) is 4.65 Å². The monoisotopic (exact) mass is 240 g/mol. The molecule has 0 aromatic carbocycles. The molecule has 0 atom stereocenters. The summed E-state index contributed by atoms with van der Waals surface area (Å²) in [4.78, 5) is 0. The van der Waals surface area contributed by atoms with Gasteiger partial charge in [-0.3, -0.25) is 0 Å². The molecule has 2 heteroatoms. The van der Waals surface area contributed by atoms with Crippen molar-refractivity contribution in [2.75, 3.05) is 6.61 Å². The Morgan fingerprint density at radius 1 is 0.824 bits per heavy atom. The summed E-state index contributed by atoms with van der Waals surface area (Å²) < 4.78 is 6.19. The zero-order valence-corrected chi connectivity index (χ0v) is 12.8. The molecule has 0 saturated carbocycles. The fraction of sp³-hybridized carbons (Fsp3) is 1.00. The van der Waals surface area contributed by atoms with Gasteiger partial charge in [-0.15, -0.1) is 0 Å². The lowest BCUT2D eigenvalue weighted by molar-refractivity contribution is 0.273. The molecule has 0 aromatic heterocycles. The first-order valence-electron chi connectivity index (χ1n) is 7.82. The van der Waals surface area contributed by atoms with Crippen LogP contribution in [-0.4, -0.2) is 13.5 Å². The summed E-state index contributed by atoms with van der Waals surface area (Å²) >= 11 is 0. The summed E-state index contributed by atoms with van der Waals surface area (Å²) in [5, 5.41) is 0.439. The van der Waals surface area contributed by atoms with Crippen molar-refractivity contribution in [2.45, 2.75) is 91.2 Å². The van der Waals surface area contributed by atoms with Crippen molar-refractivity contribution in [3.8, 4) is 0 Å². The molecule has 0 heterocycles. The largest absolute Gasteiger partial charge is 0.435 e. The van der Waals surface area contributed by atoms with Crippen LogP contribution in [0.2, 0.25) is 11.6 Å². The normalized spacial score (nSPS) is 11.8. The van der Waals surface area contributed by atoms with E-state index in [1.807, 2.05) is 0 Å². The zero-order valence-electron chi connectivity index (χ0n) is 12.8. The maximum atomic E-state index is 6.19. The number of hydrogen-bond acceptors (Lipinski definition) is 1. The van der Waals surface area contributed by atoms with Gasteiger partial charge in [0.15, 0.2) is 0 Å². The summed E-state index contributed by atoms with van der Waals surface area (Å²) in [5.74, 6) is 0. The summed E-state index contributed by atoms with van der Waals surface area (Å²) in [7, 11) is 0. The summed E-state index contributed by atoms with van der Waals surface area (Å²) in [6, 6.07) is 0. The second-order valence-electron chi connectivity index (χ2n) is 5.36. The molecular weight excluding hydrogens is 207 g/mol. The van der Waals surface area contributed by atoms with Crippen LogP contribution >= 0.6 is 0 Å². The summed E-state index contributed by atoms with van der Waals surface area (Å²) in [5.41, 5.74) is 0. The van der Waals surface area contributed by atoms with E-state index < -0.39 is 0 Å². The number of hydrogen-bond donors (Lipinski definition) is 0. The van der Waals surface area contributed by atoms with Crippen molar-refractivity contribution in [1.29, 1.82) is 0 Å². The molecule has 0 aromatic rings. The smallest absolute Gasteiger partial charge is 0.299 e. The molecule has 1 nitrogen and oxygen atoms in total. The molecule has 0 aliphatic heterocycles. The Balaban J connectivity index is 4.74. The summed E-state index contributed by atoms with van der Waals surface area (Å²) in [6.45, 7) is 12.9. The first-order chi connectivity index (χ1) is 8.20. The predicted octanol–water partition coefficient (Wildman–Crippen LogP) is 5.57. The highest BCUT2D eigenvalue weighted by atomic mass is 16.4. The fourth-order valence-electron chi connectivity index (χ4n) is 3.11. The van der Waals surface area contributed by atoms with E-state index in [1.165, 1.54) is 44.8 Å². The highest BCUT2D eigenvalue weighted by molar-refractivity contribution is 6.55. The van der Waals surface area contributed by atoms with E-state index in [0.717, 1.165) is 13.0 Å². The Kier molecular flexibility index (Phi) is 10.0. The average Bonchev–Trinajstić information content (AvgIpc) is 2.34. The second-order valence-corrected chi connectivity index (χ2v) is 5.36. The summed E-state index contributed by atoms with van der Waals surface area (Å²) in [6.07, 6.45) is 10.1. The van der Waals surface area contributed by atoms with Gasteiger partial charge in [-0.05, 0) is 18.1 Å². The third-order valence-corrected chi connectivity index (χ3v) is 3.96. The van der Waals surface area contributed by atoms with Crippen molar-refractivity contribution in [2.24, 2.45) is 0 Å². The third-order valence-electron chi connectivity index (χ3n) is 3.96. The van der Waals surface area contributed by atoms with Gasteiger partial charge in [0, 0.05) is 6.61 Å². The maximum absolute atomic E-state index is 6.19. The maximum Gasteiger partial charge on any atom is 0.299 e. The first-order valence-corrected chi connectivity index (χ1v) is 7.82. The van der Waals surface area contributed by atoms with Gasteiger partial charge in [0.25, 0.3) is 6.92 Å². The van der Waals surface area contributed by atoms with Crippen molar-refractivity contribution < 1.29 is 4.65 Å². The number of rotatable bonds is 11. The van der Waals surface area contributed by atoms with Crippen LogP contribution in [0.4, 0.5) is 0 Å². The van der Waals surface area contributed by atoms with Crippen LogP contribution in [0.1, 0.15) is 79.6 Å². The van der Waals surface area contributed by atoms with Gasteiger partial charge < -0.3 is 4.65 Å². The molecule has 0 rings (SSSR count). The minimum atomic E-state index is 0.439. The average molecular weight is 240 g/mol. The minimum absolute atomic E-state index is 0.439. The topological polar surface area (TPSA) is 9.23 Å². The molecule has 0 spiro atoms. The fourth-order valence-corrected chi connectivity index (χ4v) is 3.11. The second kappa shape index (κ2) is 9.99. The van der Waals surface area contributed by atoms with Gasteiger partial charge in [-0.1, -0.05) is 73.1 Å². The molecule has 0 amide bonds. The van der Waals surface area contributed by atoms with Crippen LogP contribution in [0.5, 0.6) is 0 Å². The molecule has 0 fully saturated rings. The van der Waals surface area contributed by atoms with E-state index in [9.17, 15) is 0 Å². The van der Waals surface area contributed by atoms with Crippen LogP contribution in [0, 0.1) is 0 Å². The lowest BCUT2D eigenvalue weighted by Crippen LogP contribution is -2.35. The Hall–Kier alpha value is 0.0249. The van der Waals surface area contributed by atoms with Crippen molar-refractivity contribution >= 4 is 6.92 Å². The van der Waals surface area contributed by atoms with E-state index in [2.05, 4.69) is 34.6 Å². The van der Waals surface area contributed by atoms with E-state index in [4.69, 9.17) is 4.65 Å². The molecule has 0 N–H and O–H groups in total. The van der Waals surface area contributed by atoms with E-state index in [-0.39, 0.29) is 0 Å². The van der Waals surface area contributed by atoms with Crippen molar-refractivity contribution in [3.63, 3.8) is 0 Å². The highest BCUT2D eigenvalue weighted by Gasteiger charge is 2.39. The lowest BCUT2D eigenvalue weighted by atomic mass is 9.39. The van der Waals surface area contributed by atoms with Crippen LogP contribution in [0.25, 0.3) is 0 Å². The molecule has 0 unspecified atom stereocenters. The molecule has 0 radical (unpaired) electrons. The van der Waals surface area contributed by atoms with Gasteiger partial charge >= 0.3 is 0 Å². The minimum Gasteiger partial charge on any atom is -0.435 e. The molecular formula is C15H33BO. The van der Waals surface area contributed by atoms with Gasteiger partial charge in [0.2, 0.25) is 0 Å². The molecule has 0 bridgehead atoms. The quantitative estimate of drug-likeness (QED) is 0.429. The molecule has 0 aliphatic carbocycles. The highest BCUT2D eigenvalue weighted by Crippen LogP contribution is 2.46. The van der Waals surface area contributed by atoms with Crippen LogP contribution in [0.15, 0.2) is 0 Å². The predicted molar refractivity (Wildman–Crippen MR) is 79.9 cm³/mol. The van der Waals surface area contributed by atoms with Gasteiger partial charge in [-0.2, -0.15) is 0 Å². The Bertz CT molecular complexity index is 164. The lowest BCUT2D eigenvalue weighted by Gasteiger charge is -2.38. The SMILES string of the molecule is CCCOB(CCC)C(CC)(CCC)CCC. The third kappa shape index (κ3) is 5.46. The van der Waals surface area contributed by atoms with E-state index in [1.54, 1.807) is 0 Å². The Morgan fingerprint density at radius 3 is 1.76 bits per heavy atom. The molecule has 0 aliphatic rings. The van der Waals surface area contributed by atoms with E-state index >= 15 is 0 Å². The molecule has 17 heavy (non-hydrogen) atoms.